The molecule has 7 heteroatoms. The standard InChI is InChI=1S/C16H22N2O5/c1-16(2,11-7-9-17-10-8-11)23-15(19)12-5-4-6-13(22-3)14(12)18(20)21/h4-6,11,17H,7-10H2,1-3H3. The van der Waals surface area contributed by atoms with Gasteiger partial charge >= 0.3 is 11.7 Å². The summed E-state index contributed by atoms with van der Waals surface area (Å²) in [6, 6.07) is 4.38. The van der Waals surface area contributed by atoms with Gasteiger partial charge in [-0.3, -0.25) is 10.1 Å². The molecule has 1 aromatic rings. The van der Waals surface area contributed by atoms with Crippen LogP contribution in [0.3, 0.4) is 0 Å². The molecule has 1 heterocycles. The Hall–Kier alpha value is -2.15. The number of ether oxygens (including phenoxy) is 2. The number of hydrogen-bond donors (Lipinski definition) is 1. The fraction of sp³-hybridized carbons (Fsp3) is 0.562. The van der Waals surface area contributed by atoms with Crippen LogP contribution in [0.15, 0.2) is 18.2 Å². The fourth-order valence-electron chi connectivity index (χ4n) is 2.93. The molecule has 1 saturated heterocycles. The van der Waals surface area contributed by atoms with E-state index in [-0.39, 0.29) is 22.9 Å². The van der Waals surface area contributed by atoms with Crippen LogP contribution in [0.4, 0.5) is 5.69 Å². The number of esters is 1. The summed E-state index contributed by atoms with van der Waals surface area (Å²) in [5, 5.41) is 14.5. The van der Waals surface area contributed by atoms with E-state index < -0.39 is 16.5 Å². The predicted octanol–water partition coefficient (Wildman–Crippen LogP) is 2.54. The van der Waals surface area contributed by atoms with Gasteiger partial charge in [0.1, 0.15) is 11.2 Å². The van der Waals surface area contributed by atoms with E-state index in [2.05, 4.69) is 5.32 Å². The van der Waals surface area contributed by atoms with Gasteiger partial charge in [0, 0.05) is 5.92 Å². The SMILES string of the molecule is COc1cccc(C(=O)OC(C)(C)C2CCNCC2)c1[N+](=O)[O-]. The van der Waals surface area contributed by atoms with Crippen molar-refractivity contribution in [3.63, 3.8) is 0 Å². The molecule has 0 atom stereocenters. The molecule has 2 rings (SSSR count). The zero-order valence-corrected chi connectivity index (χ0v) is 13.6. The van der Waals surface area contributed by atoms with E-state index >= 15 is 0 Å². The molecule has 126 valence electrons. The van der Waals surface area contributed by atoms with Gasteiger partial charge < -0.3 is 14.8 Å². The Kier molecular flexibility index (Phi) is 5.20. The highest BCUT2D eigenvalue weighted by Gasteiger charge is 2.36. The Balaban J connectivity index is 2.25. The molecule has 0 unspecified atom stereocenters. The molecule has 1 aliphatic heterocycles. The van der Waals surface area contributed by atoms with E-state index in [1.54, 1.807) is 6.07 Å². The van der Waals surface area contributed by atoms with Crippen LogP contribution in [0.25, 0.3) is 0 Å². The third-order valence-corrected chi connectivity index (χ3v) is 4.30. The van der Waals surface area contributed by atoms with E-state index in [0.29, 0.717) is 0 Å². The van der Waals surface area contributed by atoms with Gasteiger partial charge in [-0.05, 0) is 51.9 Å². The molecule has 1 N–H and O–H groups in total. The highest BCUT2D eigenvalue weighted by atomic mass is 16.6. The number of nitro groups is 1. The molecular formula is C16H22N2O5. The number of methoxy groups -OCH3 is 1. The van der Waals surface area contributed by atoms with Crippen molar-refractivity contribution in [2.24, 2.45) is 5.92 Å². The maximum Gasteiger partial charge on any atom is 0.345 e. The molecule has 0 spiro atoms. The van der Waals surface area contributed by atoms with Crippen LogP contribution in [0.2, 0.25) is 0 Å². The van der Waals surface area contributed by atoms with Crippen LogP contribution < -0.4 is 10.1 Å². The Labute approximate surface area is 135 Å². The maximum absolute atomic E-state index is 12.5. The quantitative estimate of drug-likeness (QED) is 0.509. The van der Waals surface area contributed by atoms with Crippen LogP contribution in [0, 0.1) is 16.0 Å². The van der Waals surface area contributed by atoms with Crippen LogP contribution in [0.5, 0.6) is 5.75 Å². The number of nitrogens with one attached hydrogen (secondary N) is 1. The van der Waals surface area contributed by atoms with Crippen molar-refractivity contribution in [3.05, 3.63) is 33.9 Å². The van der Waals surface area contributed by atoms with Crippen LogP contribution in [-0.4, -0.2) is 36.7 Å². The summed E-state index contributed by atoms with van der Waals surface area (Å²) in [7, 11) is 1.33. The van der Waals surface area contributed by atoms with Gasteiger partial charge in [0.25, 0.3) is 0 Å². The van der Waals surface area contributed by atoms with Gasteiger partial charge in [0.05, 0.1) is 12.0 Å². The fourth-order valence-corrected chi connectivity index (χ4v) is 2.93. The second-order valence-corrected chi connectivity index (χ2v) is 6.13. The normalized spacial score (nSPS) is 16.0. The summed E-state index contributed by atoms with van der Waals surface area (Å²) in [6.45, 7) is 5.47. The number of hydrogen-bond acceptors (Lipinski definition) is 6. The van der Waals surface area contributed by atoms with Gasteiger partial charge in [-0.25, -0.2) is 4.79 Å². The molecule has 0 bridgehead atoms. The van der Waals surface area contributed by atoms with Crippen molar-refractivity contribution < 1.29 is 19.2 Å². The van der Waals surface area contributed by atoms with Crippen molar-refractivity contribution in [1.29, 1.82) is 0 Å². The number of para-hydroxylation sites is 1. The number of piperidine rings is 1. The average molecular weight is 322 g/mol. The topological polar surface area (TPSA) is 90.7 Å². The minimum Gasteiger partial charge on any atom is -0.490 e. The summed E-state index contributed by atoms with van der Waals surface area (Å²) in [5.74, 6) is -0.430. The Morgan fingerprint density at radius 1 is 1.35 bits per heavy atom. The zero-order valence-electron chi connectivity index (χ0n) is 13.6. The molecule has 0 saturated carbocycles. The number of nitro benzene ring substituents is 1. The monoisotopic (exact) mass is 322 g/mol. The number of nitrogens with zero attached hydrogens (tertiary/aromatic N) is 1. The lowest BCUT2D eigenvalue weighted by molar-refractivity contribution is -0.386. The Morgan fingerprint density at radius 2 is 2.00 bits per heavy atom. The van der Waals surface area contributed by atoms with Crippen molar-refractivity contribution in [1.82, 2.24) is 5.32 Å². The van der Waals surface area contributed by atoms with Crippen molar-refractivity contribution >= 4 is 11.7 Å². The van der Waals surface area contributed by atoms with Crippen LogP contribution in [0.1, 0.15) is 37.0 Å². The number of carbonyl (C=O) groups is 1. The largest absolute Gasteiger partial charge is 0.490 e. The second kappa shape index (κ2) is 6.95. The first-order valence-corrected chi connectivity index (χ1v) is 7.62. The second-order valence-electron chi connectivity index (χ2n) is 6.13. The molecule has 1 aliphatic rings. The molecule has 1 fully saturated rings. The van der Waals surface area contributed by atoms with Gasteiger partial charge in [-0.15, -0.1) is 0 Å². The van der Waals surface area contributed by atoms with Gasteiger partial charge in [0.15, 0.2) is 5.75 Å². The third kappa shape index (κ3) is 3.79. The molecule has 7 nitrogen and oxygen atoms in total. The smallest absolute Gasteiger partial charge is 0.345 e. The number of carbonyl (C=O) groups excluding carboxylic acids is 1. The Bertz CT molecular complexity index is 594. The van der Waals surface area contributed by atoms with Gasteiger partial charge in [0.2, 0.25) is 0 Å². The molecule has 23 heavy (non-hydrogen) atoms. The highest BCUT2D eigenvalue weighted by Crippen LogP contribution is 2.34. The van der Waals surface area contributed by atoms with E-state index in [9.17, 15) is 14.9 Å². The molecule has 0 amide bonds. The predicted molar refractivity (Wildman–Crippen MR) is 84.7 cm³/mol. The lowest BCUT2D eigenvalue weighted by Gasteiger charge is -2.36. The molecule has 1 aromatic carbocycles. The van der Waals surface area contributed by atoms with Crippen molar-refractivity contribution in [3.8, 4) is 5.75 Å². The van der Waals surface area contributed by atoms with Gasteiger partial charge in [-0.2, -0.15) is 0 Å². The lowest BCUT2D eigenvalue weighted by Crippen LogP contribution is -2.42. The first-order valence-electron chi connectivity index (χ1n) is 7.62. The number of benzene rings is 1. The summed E-state index contributed by atoms with van der Waals surface area (Å²) >= 11 is 0. The highest BCUT2D eigenvalue weighted by molar-refractivity contribution is 5.95. The summed E-state index contributed by atoms with van der Waals surface area (Å²) in [6.07, 6.45) is 1.81. The molecular weight excluding hydrogens is 300 g/mol. The van der Waals surface area contributed by atoms with Crippen molar-refractivity contribution in [2.45, 2.75) is 32.3 Å². The Morgan fingerprint density at radius 3 is 2.57 bits per heavy atom. The van der Waals surface area contributed by atoms with E-state index in [0.717, 1.165) is 25.9 Å². The maximum atomic E-state index is 12.5. The van der Waals surface area contributed by atoms with E-state index in [1.165, 1.54) is 19.2 Å². The molecule has 0 aliphatic carbocycles. The van der Waals surface area contributed by atoms with Crippen molar-refractivity contribution in [2.75, 3.05) is 20.2 Å². The number of rotatable bonds is 5. The molecule has 0 radical (unpaired) electrons. The minimum atomic E-state index is -0.695. The first-order chi connectivity index (χ1) is 10.9. The summed E-state index contributed by atoms with van der Waals surface area (Å²) in [5.41, 5.74) is -1.13. The zero-order chi connectivity index (χ0) is 17.0. The van der Waals surface area contributed by atoms with Crippen LogP contribution >= 0.6 is 0 Å². The average Bonchev–Trinajstić information content (AvgIpc) is 2.54. The van der Waals surface area contributed by atoms with Crippen LogP contribution in [-0.2, 0) is 4.74 Å². The molecule has 0 aromatic heterocycles. The lowest BCUT2D eigenvalue weighted by atomic mass is 9.83. The third-order valence-electron chi connectivity index (χ3n) is 4.30. The first kappa shape index (κ1) is 17.2. The summed E-state index contributed by atoms with van der Waals surface area (Å²) in [4.78, 5) is 23.2. The van der Waals surface area contributed by atoms with E-state index in [4.69, 9.17) is 9.47 Å². The van der Waals surface area contributed by atoms with E-state index in [1.807, 2.05) is 13.8 Å². The summed E-state index contributed by atoms with van der Waals surface area (Å²) < 4.78 is 10.6. The minimum absolute atomic E-state index is 0.0455. The van der Waals surface area contributed by atoms with Gasteiger partial charge in [-0.1, -0.05) is 6.07 Å².